The van der Waals surface area contributed by atoms with Gasteiger partial charge in [0.15, 0.2) is 11.9 Å². The van der Waals surface area contributed by atoms with Gasteiger partial charge in [-0.25, -0.2) is 4.79 Å². The Morgan fingerprint density at radius 2 is 2.10 bits per heavy atom. The Bertz CT molecular complexity index is 443. The first kappa shape index (κ1) is 15.0. The molecule has 2 rings (SSSR count). The fourth-order valence-corrected chi connectivity index (χ4v) is 2.07. The summed E-state index contributed by atoms with van der Waals surface area (Å²) in [5.41, 5.74) is 0.986. The van der Waals surface area contributed by atoms with Gasteiger partial charge in [0.1, 0.15) is 6.10 Å². The Morgan fingerprint density at radius 1 is 1.40 bits per heavy atom. The minimum absolute atomic E-state index is 0.307. The summed E-state index contributed by atoms with van der Waals surface area (Å²) in [6, 6.07) is 9.64. The van der Waals surface area contributed by atoms with Crippen LogP contribution in [-0.2, 0) is 30.3 Å². The van der Waals surface area contributed by atoms with Crippen molar-refractivity contribution in [2.45, 2.75) is 38.4 Å². The van der Waals surface area contributed by atoms with Gasteiger partial charge in [0.2, 0.25) is 0 Å². The summed E-state index contributed by atoms with van der Waals surface area (Å²) < 4.78 is 21.6. The van der Waals surface area contributed by atoms with Crippen molar-refractivity contribution in [3.8, 4) is 0 Å². The van der Waals surface area contributed by atoms with E-state index in [9.17, 15) is 4.79 Å². The Morgan fingerprint density at radius 3 is 2.65 bits per heavy atom. The number of ether oxygens (including phenoxy) is 4. The van der Waals surface area contributed by atoms with Crippen LogP contribution < -0.4 is 0 Å². The molecule has 0 spiro atoms. The van der Waals surface area contributed by atoms with Crippen LogP contribution in [0.25, 0.3) is 0 Å². The van der Waals surface area contributed by atoms with Gasteiger partial charge in [-0.05, 0) is 19.4 Å². The molecule has 1 heterocycles. The van der Waals surface area contributed by atoms with E-state index < -0.39 is 24.0 Å². The molecule has 0 radical (unpaired) electrons. The molecule has 1 aromatic carbocycles. The molecule has 2 atom stereocenters. The third-order valence-corrected chi connectivity index (χ3v) is 3.07. The standard InChI is InChI=1S/C15H20O5/c1-15(2)19-10-12(20-15)13(14(16)17-3)18-9-11-7-5-4-6-8-11/h4-8,12-13H,9-10H2,1-3H3/t12-,13+/m0/s1. The van der Waals surface area contributed by atoms with E-state index in [1.807, 2.05) is 30.3 Å². The van der Waals surface area contributed by atoms with E-state index in [0.717, 1.165) is 5.56 Å². The molecule has 1 aromatic rings. The largest absolute Gasteiger partial charge is 0.467 e. The zero-order valence-corrected chi connectivity index (χ0v) is 12.0. The van der Waals surface area contributed by atoms with Gasteiger partial charge in [-0.1, -0.05) is 30.3 Å². The lowest BCUT2D eigenvalue weighted by Gasteiger charge is -2.22. The predicted octanol–water partition coefficient (Wildman–Crippen LogP) is 1.90. The minimum atomic E-state index is -0.790. The summed E-state index contributed by atoms with van der Waals surface area (Å²) in [7, 11) is 1.34. The molecule has 0 bridgehead atoms. The SMILES string of the molecule is COC(=O)[C@H](OCc1ccccc1)[C@@H]1COC(C)(C)O1. The van der Waals surface area contributed by atoms with Crippen molar-refractivity contribution < 1.29 is 23.7 Å². The van der Waals surface area contributed by atoms with Crippen molar-refractivity contribution in [1.82, 2.24) is 0 Å². The van der Waals surface area contributed by atoms with Gasteiger partial charge in [0.05, 0.1) is 20.3 Å². The topological polar surface area (TPSA) is 54.0 Å². The highest BCUT2D eigenvalue weighted by molar-refractivity contribution is 5.75. The molecule has 1 aliphatic rings. The number of esters is 1. The van der Waals surface area contributed by atoms with E-state index in [2.05, 4.69) is 0 Å². The zero-order valence-electron chi connectivity index (χ0n) is 12.0. The zero-order chi connectivity index (χ0) is 14.6. The Balaban J connectivity index is 2.00. The van der Waals surface area contributed by atoms with Gasteiger partial charge in [-0.2, -0.15) is 0 Å². The number of methoxy groups -OCH3 is 1. The molecular weight excluding hydrogens is 260 g/mol. The Hall–Kier alpha value is -1.43. The molecule has 0 unspecified atom stereocenters. The second kappa shape index (κ2) is 6.35. The van der Waals surface area contributed by atoms with Crippen LogP contribution in [0.2, 0.25) is 0 Å². The second-order valence-electron chi connectivity index (χ2n) is 5.11. The maximum absolute atomic E-state index is 11.8. The van der Waals surface area contributed by atoms with Crippen LogP contribution >= 0.6 is 0 Å². The molecule has 1 saturated heterocycles. The van der Waals surface area contributed by atoms with Crippen molar-refractivity contribution in [3.63, 3.8) is 0 Å². The fourth-order valence-electron chi connectivity index (χ4n) is 2.07. The third kappa shape index (κ3) is 3.79. The molecule has 0 amide bonds. The van der Waals surface area contributed by atoms with E-state index in [4.69, 9.17) is 18.9 Å². The molecule has 0 aliphatic carbocycles. The average molecular weight is 280 g/mol. The Labute approximate surface area is 118 Å². The highest BCUT2D eigenvalue weighted by atomic mass is 16.8. The molecule has 5 nitrogen and oxygen atoms in total. The summed E-state index contributed by atoms with van der Waals surface area (Å²) in [6.45, 7) is 4.24. The van der Waals surface area contributed by atoms with Crippen LogP contribution in [0.4, 0.5) is 0 Å². The molecular formula is C15H20O5. The molecule has 20 heavy (non-hydrogen) atoms. The van der Waals surface area contributed by atoms with Crippen LogP contribution in [0, 0.1) is 0 Å². The lowest BCUT2D eigenvalue weighted by molar-refractivity contribution is -0.178. The van der Waals surface area contributed by atoms with E-state index in [1.54, 1.807) is 13.8 Å². The number of hydrogen-bond acceptors (Lipinski definition) is 5. The number of hydrogen-bond donors (Lipinski definition) is 0. The van der Waals surface area contributed by atoms with Crippen LogP contribution in [0.3, 0.4) is 0 Å². The fraction of sp³-hybridized carbons (Fsp3) is 0.533. The van der Waals surface area contributed by atoms with Crippen molar-refractivity contribution in [2.24, 2.45) is 0 Å². The molecule has 0 N–H and O–H groups in total. The normalized spacial score (nSPS) is 22.4. The molecule has 1 aliphatic heterocycles. The number of rotatable bonds is 5. The molecule has 110 valence electrons. The first-order valence-corrected chi connectivity index (χ1v) is 6.57. The van der Waals surface area contributed by atoms with Crippen molar-refractivity contribution in [3.05, 3.63) is 35.9 Å². The van der Waals surface area contributed by atoms with Gasteiger partial charge in [-0.15, -0.1) is 0 Å². The first-order chi connectivity index (χ1) is 9.52. The van der Waals surface area contributed by atoms with Gasteiger partial charge in [-0.3, -0.25) is 0 Å². The smallest absolute Gasteiger partial charge is 0.337 e. The minimum Gasteiger partial charge on any atom is -0.467 e. The highest BCUT2D eigenvalue weighted by Gasteiger charge is 2.41. The van der Waals surface area contributed by atoms with Crippen molar-refractivity contribution in [1.29, 1.82) is 0 Å². The van der Waals surface area contributed by atoms with Crippen molar-refractivity contribution in [2.75, 3.05) is 13.7 Å². The summed E-state index contributed by atoms with van der Waals surface area (Å²) >= 11 is 0. The Kier molecular flexibility index (Phi) is 4.75. The molecule has 5 heteroatoms. The van der Waals surface area contributed by atoms with Gasteiger partial charge >= 0.3 is 5.97 Å². The van der Waals surface area contributed by atoms with E-state index in [-0.39, 0.29) is 0 Å². The quantitative estimate of drug-likeness (QED) is 0.771. The van der Waals surface area contributed by atoms with E-state index >= 15 is 0 Å². The number of carbonyl (C=O) groups is 1. The maximum Gasteiger partial charge on any atom is 0.337 e. The molecule has 1 fully saturated rings. The van der Waals surface area contributed by atoms with Crippen LogP contribution in [-0.4, -0.2) is 37.7 Å². The van der Waals surface area contributed by atoms with Gasteiger partial charge in [0.25, 0.3) is 0 Å². The van der Waals surface area contributed by atoms with E-state index in [0.29, 0.717) is 13.2 Å². The summed E-state index contributed by atoms with van der Waals surface area (Å²) in [5.74, 6) is -1.15. The predicted molar refractivity (Wildman–Crippen MR) is 71.9 cm³/mol. The second-order valence-corrected chi connectivity index (χ2v) is 5.11. The van der Waals surface area contributed by atoms with Crippen LogP contribution in [0.1, 0.15) is 19.4 Å². The van der Waals surface area contributed by atoms with Crippen LogP contribution in [0.15, 0.2) is 30.3 Å². The third-order valence-electron chi connectivity index (χ3n) is 3.07. The summed E-state index contributed by atoms with van der Waals surface area (Å²) in [4.78, 5) is 11.8. The maximum atomic E-state index is 11.8. The highest BCUT2D eigenvalue weighted by Crippen LogP contribution is 2.26. The number of benzene rings is 1. The lowest BCUT2D eigenvalue weighted by Crippen LogP contribution is -2.40. The first-order valence-electron chi connectivity index (χ1n) is 6.57. The van der Waals surface area contributed by atoms with Crippen molar-refractivity contribution >= 4 is 5.97 Å². The van der Waals surface area contributed by atoms with E-state index in [1.165, 1.54) is 7.11 Å². The number of carbonyl (C=O) groups excluding carboxylic acids is 1. The average Bonchev–Trinajstić information content (AvgIpc) is 2.80. The summed E-state index contributed by atoms with van der Waals surface area (Å²) in [5, 5.41) is 0. The lowest BCUT2D eigenvalue weighted by atomic mass is 10.2. The summed E-state index contributed by atoms with van der Waals surface area (Å²) in [6.07, 6.45) is -1.25. The molecule has 0 saturated carbocycles. The molecule has 0 aromatic heterocycles. The monoisotopic (exact) mass is 280 g/mol. The van der Waals surface area contributed by atoms with Crippen LogP contribution in [0.5, 0.6) is 0 Å². The van der Waals surface area contributed by atoms with Gasteiger partial charge in [0, 0.05) is 0 Å². The van der Waals surface area contributed by atoms with Gasteiger partial charge < -0.3 is 18.9 Å².